The monoisotopic (exact) mass is 375 g/mol. The molecule has 5 heteroatoms. The number of fused-ring (bicyclic) bond motifs is 3. The fourth-order valence-corrected chi connectivity index (χ4v) is 4.16. The number of hydrogen-bond acceptors (Lipinski definition) is 2. The molecule has 1 fully saturated rings. The van der Waals surface area contributed by atoms with E-state index in [1.807, 2.05) is 19.1 Å². The zero-order valence-corrected chi connectivity index (χ0v) is 16.3. The van der Waals surface area contributed by atoms with Gasteiger partial charge in [-0.1, -0.05) is 31.2 Å². The summed E-state index contributed by atoms with van der Waals surface area (Å²) < 4.78 is 2.31. The molecule has 1 N–H and O–H groups in total. The second-order valence-electron chi connectivity index (χ2n) is 7.12. The summed E-state index contributed by atoms with van der Waals surface area (Å²) in [5, 5.41) is 5.24. The van der Waals surface area contributed by atoms with Crippen LogP contribution < -0.4 is 5.32 Å². The van der Waals surface area contributed by atoms with Crippen molar-refractivity contribution < 1.29 is 9.59 Å². The number of rotatable bonds is 4. The molecule has 2 aromatic carbocycles. The minimum Gasteiger partial charge on any atom is -0.353 e. The Morgan fingerprint density at radius 2 is 1.93 bits per heavy atom. The van der Waals surface area contributed by atoms with Crippen LogP contribution in [0, 0.1) is 0 Å². The van der Waals surface area contributed by atoms with E-state index in [4.69, 9.17) is 0 Å². The van der Waals surface area contributed by atoms with Gasteiger partial charge in [-0.05, 0) is 43.2 Å². The van der Waals surface area contributed by atoms with Crippen molar-refractivity contribution in [2.45, 2.75) is 32.9 Å². The van der Waals surface area contributed by atoms with Crippen LogP contribution in [-0.2, 0) is 16.1 Å². The number of aryl methyl sites for hydroxylation is 1. The minimum absolute atomic E-state index is 0.0655. The van der Waals surface area contributed by atoms with Gasteiger partial charge in [0.25, 0.3) is 0 Å². The van der Waals surface area contributed by atoms with Gasteiger partial charge in [0.1, 0.15) is 6.04 Å². The third kappa shape index (κ3) is 3.07. The molecule has 4 rings (SSSR count). The van der Waals surface area contributed by atoms with Crippen molar-refractivity contribution in [1.82, 2.24) is 14.8 Å². The van der Waals surface area contributed by atoms with E-state index in [2.05, 4.69) is 53.2 Å². The molecular weight excluding hydrogens is 350 g/mol. The van der Waals surface area contributed by atoms with Gasteiger partial charge in [0, 0.05) is 47.5 Å². The first-order valence-corrected chi connectivity index (χ1v) is 9.91. The lowest BCUT2D eigenvalue weighted by Gasteiger charge is -2.33. The van der Waals surface area contributed by atoms with Crippen molar-refractivity contribution in [1.29, 1.82) is 0 Å². The van der Waals surface area contributed by atoms with Crippen molar-refractivity contribution >= 4 is 39.7 Å². The lowest BCUT2D eigenvalue weighted by molar-refractivity contribution is -0.140. The Morgan fingerprint density at radius 3 is 2.71 bits per heavy atom. The van der Waals surface area contributed by atoms with E-state index in [0.29, 0.717) is 19.5 Å². The Morgan fingerprint density at radius 1 is 1.14 bits per heavy atom. The van der Waals surface area contributed by atoms with Crippen LogP contribution in [0.2, 0.25) is 0 Å². The third-order valence-electron chi connectivity index (χ3n) is 5.53. The van der Waals surface area contributed by atoms with Gasteiger partial charge in [-0.25, -0.2) is 0 Å². The summed E-state index contributed by atoms with van der Waals surface area (Å²) in [4.78, 5) is 26.3. The maximum Gasteiger partial charge on any atom is 0.247 e. The second-order valence-corrected chi connectivity index (χ2v) is 7.12. The summed E-state index contributed by atoms with van der Waals surface area (Å²) in [6.45, 7) is 6.05. The molecule has 2 amide bonds. The van der Waals surface area contributed by atoms with Crippen LogP contribution in [0.4, 0.5) is 0 Å². The minimum atomic E-state index is -0.379. The second kappa shape index (κ2) is 7.50. The standard InChI is InChI=1S/C23H25N3O2/c1-3-19-23(28)24-13-14-26(19)22(27)12-10-16-9-11-21-18(15-16)17-7-5-6-8-20(17)25(21)4-2/h5-12,15,19H,3-4,13-14H2,1-2H3,(H,24,28). The van der Waals surface area contributed by atoms with Crippen molar-refractivity contribution in [2.75, 3.05) is 13.1 Å². The number of amides is 2. The molecule has 2 heterocycles. The molecule has 3 aromatic rings. The van der Waals surface area contributed by atoms with E-state index >= 15 is 0 Å². The van der Waals surface area contributed by atoms with Gasteiger partial charge in [0.15, 0.2) is 0 Å². The largest absolute Gasteiger partial charge is 0.353 e. The number of benzene rings is 2. The number of nitrogens with one attached hydrogen (secondary N) is 1. The van der Waals surface area contributed by atoms with Crippen LogP contribution in [0.15, 0.2) is 48.5 Å². The number of carbonyl (C=O) groups is 2. The first-order chi connectivity index (χ1) is 13.6. The molecule has 1 saturated heterocycles. The van der Waals surface area contributed by atoms with Crippen LogP contribution in [-0.4, -0.2) is 40.4 Å². The molecular formula is C23H25N3O2. The number of hydrogen-bond donors (Lipinski definition) is 1. The van der Waals surface area contributed by atoms with E-state index in [-0.39, 0.29) is 17.9 Å². The quantitative estimate of drug-likeness (QED) is 0.709. The number of carbonyl (C=O) groups excluding carboxylic acids is 2. The summed E-state index contributed by atoms with van der Waals surface area (Å²) in [6, 6.07) is 14.3. The topological polar surface area (TPSA) is 54.3 Å². The highest BCUT2D eigenvalue weighted by Gasteiger charge is 2.30. The van der Waals surface area contributed by atoms with Gasteiger partial charge >= 0.3 is 0 Å². The van der Waals surface area contributed by atoms with Crippen molar-refractivity contribution in [3.8, 4) is 0 Å². The predicted octanol–water partition coefficient (Wildman–Crippen LogP) is 3.56. The average molecular weight is 375 g/mol. The van der Waals surface area contributed by atoms with Gasteiger partial charge in [0.05, 0.1) is 0 Å². The van der Waals surface area contributed by atoms with Gasteiger partial charge in [-0.15, -0.1) is 0 Å². The summed E-state index contributed by atoms with van der Waals surface area (Å²) in [5.74, 6) is -0.179. The molecule has 0 saturated carbocycles. The fourth-order valence-electron chi connectivity index (χ4n) is 4.16. The van der Waals surface area contributed by atoms with E-state index in [0.717, 1.165) is 12.1 Å². The smallest absolute Gasteiger partial charge is 0.247 e. The third-order valence-corrected chi connectivity index (χ3v) is 5.53. The highest BCUT2D eigenvalue weighted by Crippen LogP contribution is 2.30. The van der Waals surface area contributed by atoms with Gasteiger partial charge in [-0.2, -0.15) is 0 Å². The van der Waals surface area contributed by atoms with Crippen molar-refractivity contribution in [3.05, 3.63) is 54.1 Å². The first-order valence-electron chi connectivity index (χ1n) is 9.91. The molecule has 0 spiro atoms. The highest BCUT2D eigenvalue weighted by atomic mass is 16.2. The molecule has 1 aromatic heterocycles. The molecule has 1 atom stereocenters. The molecule has 1 aliphatic rings. The maximum absolute atomic E-state index is 12.7. The van der Waals surface area contributed by atoms with Crippen LogP contribution in [0.3, 0.4) is 0 Å². The molecule has 0 aliphatic carbocycles. The summed E-state index contributed by atoms with van der Waals surface area (Å²) in [7, 11) is 0. The highest BCUT2D eigenvalue weighted by molar-refractivity contribution is 6.08. The Kier molecular flexibility index (Phi) is 4.90. The van der Waals surface area contributed by atoms with Gasteiger partial charge in [-0.3, -0.25) is 9.59 Å². The molecule has 0 radical (unpaired) electrons. The Labute approximate surface area is 164 Å². The predicted molar refractivity (Wildman–Crippen MR) is 113 cm³/mol. The molecule has 5 nitrogen and oxygen atoms in total. The zero-order valence-electron chi connectivity index (χ0n) is 16.3. The van der Waals surface area contributed by atoms with E-state index in [1.54, 1.807) is 11.0 Å². The number of para-hydroxylation sites is 1. The van der Waals surface area contributed by atoms with Crippen LogP contribution >= 0.6 is 0 Å². The fraction of sp³-hybridized carbons (Fsp3) is 0.304. The summed E-state index contributed by atoms with van der Waals surface area (Å²) >= 11 is 0. The van der Waals surface area contributed by atoms with Crippen LogP contribution in [0.25, 0.3) is 27.9 Å². The molecule has 1 unspecified atom stereocenters. The van der Waals surface area contributed by atoms with E-state index in [1.165, 1.54) is 21.8 Å². The lowest BCUT2D eigenvalue weighted by Crippen LogP contribution is -2.56. The zero-order chi connectivity index (χ0) is 19.7. The Hall–Kier alpha value is -3.08. The molecule has 1 aliphatic heterocycles. The SMILES string of the molecule is CCC1C(=O)NCCN1C(=O)C=Cc1ccc2c(c1)c1ccccc1n2CC. The Balaban J connectivity index is 1.65. The van der Waals surface area contributed by atoms with E-state index < -0.39 is 0 Å². The van der Waals surface area contributed by atoms with Crippen molar-refractivity contribution in [2.24, 2.45) is 0 Å². The Bertz CT molecular complexity index is 1080. The van der Waals surface area contributed by atoms with Crippen LogP contribution in [0.5, 0.6) is 0 Å². The molecule has 0 bridgehead atoms. The molecule has 144 valence electrons. The van der Waals surface area contributed by atoms with Gasteiger partial charge in [0.2, 0.25) is 11.8 Å². The number of nitrogens with zero attached hydrogens (tertiary/aromatic N) is 2. The van der Waals surface area contributed by atoms with Crippen LogP contribution in [0.1, 0.15) is 25.8 Å². The number of aromatic nitrogens is 1. The lowest BCUT2D eigenvalue weighted by atomic mass is 10.1. The first kappa shape index (κ1) is 18.3. The average Bonchev–Trinajstić information content (AvgIpc) is 3.04. The number of piperazine rings is 1. The summed E-state index contributed by atoms with van der Waals surface area (Å²) in [5.41, 5.74) is 3.41. The maximum atomic E-state index is 12.7. The van der Waals surface area contributed by atoms with Gasteiger partial charge < -0.3 is 14.8 Å². The van der Waals surface area contributed by atoms with Crippen molar-refractivity contribution in [3.63, 3.8) is 0 Å². The normalized spacial score (nSPS) is 17.6. The molecule has 28 heavy (non-hydrogen) atoms. The summed E-state index contributed by atoms with van der Waals surface area (Å²) in [6.07, 6.45) is 4.05. The van der Waals surface area contributed by atoms with E-state index in [9.17, 15) is 9.59 Å².